The minimum atomic E-state index is -4.64. The molecule has 3 aromatic heterocycles. The third-order valence-electron chi connectivity index (χ3n) is 3.16. The number of alkyl halides is 3. The maximum atomic E-state index is 13.3. The number of hydrogen-bond donors (Lipinski definition) is 2. The van der Waals surface area contributed by atoms with Gasteiger partial charge in [0.1, 0.15) is 11.5 Å². The Bertz CT molecular complexity index is 977. The summed E-state index contributed by atoms with van der Waals surface area (Å²) in [5.74, 6) is -1.05. The number of rotatable bonds is 5. The zero-order valence-electron chi connectivity index (χ0n) is 14.7. The lowest BCUT2D eigenvalue weighted by molar-refractivity contribution is -0.141. The van der Waals surface area contributed by atoms with Crippen LogP contribution in [0.25, 0.3) is 11.6 Å². The van der Waals surface area contributed by atoms with E-state index in [4.69, 9.17) is 0 Å². The lowest BCUT2D eigenvalue weighted by Gasteiger charge is -2.12. The van der Waals surface area contributed by atoms with E-state index in [0.717, 1.165) is 24.5 Å². The molecule has 0 amide bonds. The molecule has 0 fully saturated rings. The average molecular weight is 394 g/mol. The van der Waals surface area contributed by atoms with Crippen molar-refractivity contribution in [3.63, 3.8) is 0 Å². The molecule has 3 heterocycles. The number of nitrogens with one attached hydrogen (secondary N) is 2. The van der Waals surface area contributed by atoms with Crippen molar-refractivity contribution in [1.29, 1.82) is 0 Å². The van der Waals surface area contributed by atoms with Crippen LogP contribution in [0.3, 0.4) is 0 Å². The maximum Gasteiger partial charge on any atom is 0.433 e. The summed E-state index contributed by atoms with van der Waals surface area (Å²) in [6, 6.07) is 1.84. The predicted molar refractivity (Wildman–Crippen MR) is 92.1 cm³/mol. The van der Waals surface area contributed by atoms with E-state index >= 15 is 0 Å². The highest BCUT2D eigenvalue weighted by Gasteiger charge is 2.33. The fourth-order valence-electron chi connectivity index (χ4n) is 2.09. The van der Waals surface area contributed by atoms with Crippen LogP contribution in [0.5, 0.6) is 0 Å². The zero-order chi connectivity index (χ0) is 20.3. The second-order valence-electron chi connectivity index (χ2n) is 5.89. The summed E-state index contributed by atoms with van der Waals surface area (Å²) in [7, 11) is 0. The van der Waals surface area contributed by atoms with Crippen molar-refractivity contribution < 1.29 is 17.6 Å². The summed E-state index contributed by atoms with van der Waals surface area (Å²) in [6.07, 6.45) is -1.32. The highest BCUT2D eigenvalue weighted by atomic mass is 19.4. The Morgan fingerprint density at radius 1 is 0.964 bits per heavy atom. The quantitative estimate of drug-likeness (QED) is 0.635. The largest absolute Gasteiger partial charge is 0.433 e. The Morgan fingerprint density at radius 2 is 1.71 bits per heavy atom. The van der Waals surface area contributed by atoms with Crippen LogP contribution >= 0.6 is 0 Å². The third kappa shape index (κ3) is 4.84. The third-order valence-corrected chi connectivity index (χ3v) is 3.16. The highest BCUT2D eigenvalue weighted by Crippen LogP contribution is 2.28. The number of aromatic nitrogens is 6. The van der Waals surface area contributed by atoms with Crippen LogP contribution in [0.2, 0.25) is 0 Å². The first-order valence-corrected chi connectivity index (χ1v) is 8.01. The molecule has 0 saturated carbocycles. The van der Waals surface area contributed by atoms with Crippen molar-refractivity contribution in [1.82, 2.24) is 29.9 Å². The van der Waals surface area contributed by atoms with Crippen LogP contribution in [0, 0.1) is 5.82 Å². The summed E-state index contributed by atoms with van der Waals surface area (Å²) < 4.78 is 52.1. The summed E-state index contributed by atoms with van der Waals surface area (Å²) in [4.78, 5) is 23.2. The maximum absolute atomic E-state index is 13.3. The zero-order valence-corrected chi connectivity index (χ0v) is 14.7. The van der Waals surface area contributed by atoms with Gasteiger partial charge in [0.2, 0.25) is 17.7 Å². The van der Waals surface area contributed by atoms with Crippen LogP contribution < -0.4 is 10.6 Å². The van der Waals surface area contributed by atoms with Gasteiger partial charge in [0.15, 0.2) is 5.82 Å². The van der Waals surface area contributed by atoms with Crippen molar-refractivity contribution in [2.45, 2.75) is 26.1 Å². The van der Waals surface area contributed by atoms with Gasteiger partial charge >= 0.3 is 6.18 Å². The normalized spacial score (nSPS) is 11.5. The molecule has 12 heteroatoms. The minimum absolute atomic E-state index is 0.0402. The van der Waals surface area contributed by atoms with Crippen LogP contribution in [-0.2, 0) is 6.18 Å². The smallest absolute Gasteiger partial charge is 0.352 e. The van der Waals surface area contributed by atoms with Gasteiger partial charge in [-0.25, -0.2) is 14.4 Å². The molecule has 0 spiro atoms. The van der Waals surface area contributed by atoms with Crippen LogP contribution in [0.1, 0.15) is 19.5 Å². The molecular weight excluding hydrogens is 380 g/mol. The molecule has 28 heavy (non-hydrogen) atoms. The van der Waals surface area contributed by atoms with E-state index in [1.807, 2.05) is 13.8 Å². The van der Waals surface area contributed by atoms with E-state index in [-0.39, 0.29) is 35.3 Å². The van der Waals surface area contributed by atoms with Crippen molar-refractivity contribution in [2.75, 3.05) is 10.6 Å². The number of anilines is 3. The van der Waals surface area contributed by atoms with Gasteiger partial charge in [0.05, 0.1) is 18.1 Å². The molecule has 0 aliphatic heterocycles. The molecule has 0 radical (unpaired) electrons. The minimum Gasteiger partial charge on any atom is -0.352 e. The molecule has 2 N–H and O–H groups in total. The van der Waals surface area contributed by atoms with Gasteiger partial charge in [0.25, 0.3) is 0 Å². The average Bonchev–Trinajstić information content (AvgIpc) is 2.60. The van der Waals surface area contributed by atoms with E-state index in [0.29, 0.717) is 0 Å². The van der Waals surface area contributed by atoms with E-state index in [1.165, 1.54) is 6.20 Å². The fraction of sp³-hybridized carbons (Fsp3) is 0.250. The van der Waals surface area contributed by atoms with Crippen molar-refractivity contribution in [3.8, 4) is 11.6 Å². The molecule has 0 atom stereocenters. The van der Waals surface area contributed by atoms with E-state index in [9.17, 15) is 17.6 Å². The van der Waals surface area contributed by atoms with Gasteiger partial charge in [-0.1, -0.05) is 0 Å². The first kappa shape index (κ1) is 19.3. The molecule has 8 nitrogen and oxygen atoms in total. The van der Waals surface area contributed by atoms with Gasteiger partial charge < -0.3 is 10.6 Å². The Labute approximate surface area is 156 Å². The molecule has 0 aliphatic carbocycles. The predicted octanol–water partition coefficient (Wildman–Crippen LogP) is 3.45. The molecule has 3 rings (SSSR count). The van der Waals surface area contributed by atoms with E-state index < -0.39 is 17.7 Å². The van der Waals surface area contributed by atoms with Crippen molar-refractivity contribution >= 4 is 17.6 Å². The lowest BCUT2D eigenvalue weighted by atomic mass is 10.4. The molecule has 3 aromatic rings. The van der Waals surface area contributed by atoms with Gasteiger partial charge in [-0.05, 0) is 19.9 Å². The Morgan fingerprint density at radius 3 is 2.39 bits per heavy atom. The molecule has 146 valence electrons. The molecular formula is C16H14F4N8. The first-order chi connectivity index (χ1) is 13.2. The van der Waals surface area contributed by atoms with Gasteiger partial charge in [0, 0.05) is 18.3 Å². The molecule has 0 bridgehead atoms. The monoisotopic (exact) mass is 394 g/mol. The number of pyridine rings is 1. The second-order valence-corrected chi connectivity index (χ2v) is 5.89. The van der Waals surface area contributed by atoms with E-state index in [1.54, 1.807) is 0 Å². The van der Waals surface area contributed by atoms with Crippen LogP contribution in [0.15, 0.2) is 30.7 Å². The van der Waals surface area contributed by atoms with Crippen molar-refractivity contribution in [3.05, 3.63) is 42.2 Å². The second kappa shape index (κ2) is 7.66. The first-order valence-electron chi connectivity index (χ1n) is 8.01. The molecule has 0 saturated heterocycles. The summed E-state index contributed by atoms with van der Waals surface area (Å²) in [6.45, 7) is 3.65. The topological polar surface area (TPSA) is 101 Å². The molecule has 0 aromatic carbocycles. The van der Waals surface area contributed by atoms with E-state index in [2.05, 4.69) is 40.5 Å². The SMILES string of the molecule is CC(C)Nc1nc(Nc2cncc(F)c2)nc(-c2nccc(C(F)(F)F)n2)n1. The van der Waals surface area contributed by atoms with Gasteiger partial charge in [-0.3, -0.25) is 4.98 Å². The van der Waals surface area contributed by atoms with Gasteiger partial charge in [-0.15, -0.1) is 0 Å². The highest BCUT2D eigenvalue weighted by molar-refractivity contribution is 5.56. The van der Waals surface area contributed by atoms with Crippen LogP contribution in [0.4, 0.5) is 35.1 Å². The Balaban J connectivity index is 2.03. The van der Waals surface area contributed by atoms with Crippen molar-refractivity contribution in [2.24, 2.45) is 0 Å². The standard InChI is InChI=1S/C16H14F4N8/c1-8(2)23-14-26-13(12-22-4-3-11(25-12)16(18,19)20)27-15(28-14)24-10-5-9(17)6-21-7-10/h3-8H,1-2H3,(H2,23,24,26,27,28). The Hall–Kier alpha value is -3.44. The Kier molecular flexibility index (Phi) is 5.29. The lowest BCUT2D eigenvalue weighted by Crippen LogP contribution is -2.15. The number of hydrogen-bond acceptors (Lipinski definition) is 8. The summed E-state index contributed by atoms with van der Waals surface area (Å²) in [5.41, 5.74) is -0.877. The summed E-state index contributed by atoms with van der Waals surface area (Å²) in [5, 5.41) is 5.66. The number of nitrogens with zero attached hydrogens (tertiary/aromatic N) is 6. The number of halogens is 4. The van der Waals surface area contributed by atoms with Gasteiger partial charge in [-0.2, -0.15) is 28.1 Å². The molecule has 0 aliphatic rings. The fourth-order valence-corrected chi connectivity index (χ4v) is 2.09. The molecule has 0 unspecified atom stereocenters. The van der Waals surface area contributed by atoms with Crippen LogP contribution in [-0.4, -0.2) is 35.9 Å². The summed E-state index contributed by atoms with van der Waals surface area (Å²) >= 11 is 0.